The van der Waals surface area contributed by atoms with E-state index in [0.717, 1.165) is 10.9 Å². The Labute approximate surface area is 138 Å². The van der Waals surface area contributed by atoms with Gasteiger partial charge in [0.1, 0.15) is 6.42 Å². The Morgan fingerprint density at radius 2 is 1.59 bits per heavy atom. The first-order chi connectivity index (χ1) is 10.6. The molecule has 0 bridgehead atoms. The number of hydrogen-bond donors (Lipinski definition) is 2. The maximum absolute atomic E-state index is 11.9. The highest BCUT2D eigenvalue weighted by Crippen LogP contribution is 2.21. The minimum absolute atomic E-state index is 0.225. The van der Waals surface area contributed by atoms with Crippen LogP contribution in [-0.4, -0.2) is 11.8 Å². The molecule has 0 spiro atoms. The summed E-state index contributed by atoms with van der Waals surface area (Å²) < 4.78 is 0.777. The summed E-state index contributed by atoms with van der Waals surface area (Å²) in [5.74, 6) is -0.691. The quantitative estimate of drug-likeness (QED) is 0.792. The first-order valence-corrected chi connectivity index (χ1v) is 7.81. The average molecular weight is 361 g/mol. The Bertz CT molecular complexity index is 669. The third-order valence-corrected chi connectivity index (χ3v) is 3.81. The summed E-state index contributed by atoms with van der Waals surface area (Å²) in [5, 5.41) is 5.41. The lowest BCUT2D eigenvalue weighted by Crippen LogP contribution is -2.21. The minimum Gasteiger partial charge on any atom is -0.326 e. The summed E-state index contributed by atoms with van der Waals surface area (Å²) in [7, 11) is 0. The van der Waals surface area contributed by atoms with Gasteiger partial charge in [-0.2, -0.15) is 0 Å². The highest BCUT2D eigenvalue weighted by atomic mass is 79.9. The van der Waals surface area contributed by atoms with Gasteiger partial charge in [-0.15, -0.1) is 0 Å². The average Bonchev–Trinajstić information content (AvgIpc) is 2.50. The Balaban J connectivity index is 1.88. The van der Waals surface area contributed by atoms with Gasteiger partial charge in [0.2, 0.25) is 11.8 Å². The molecule has 0 unspecified atom stereocenters. The van der Waals surface area contributed by atoms with Gasteiger partial charge in [0.05, 0.1) is 5.69 Å². The lowest BCUT2D eigenvalue weighted by atomic mass is 10.1. The van der Waals surface area contributed by atoms with Crippen LogP contribution in [0.3, 0.4) is 0 Å². The molecular formula is C17H17BrN2O2. The van der Waals surface area contributed by atoms with Gasteiger partial charge in [0.25, 0.3) is 0 Å². The number of aryl methyl sites for hydroxylation is 1. The van der Waals surface area contributed by atoms with Crippen LogP contribution in [0.5, 0.6) is 0 Å². The van der Waals surface area contributed by atoms with Crippen LogP contribution >= 0.6 is 15.9 Å². The fourth-order valence-corrected chi connectivity index (χ4v) is 2.32. The smallest absolute Gasteiger partial charge is 0.233 e. The van der Waals surface area contributed by atoms with E-state index in [-0.39, 0.29) is 18.2 Å². The van der Waals surface area contributed by atoms with Crippen LogP contribution in [-0.2, 0) is 16.0 Å². The van der Waals surface area contributed by atoms with Crippen molar-refractivity contribution in [3.63, 3.8) is 0 Å². The summed E-state index contributed by atoms with van der Waals surface area (Å²) in [6, 6.07) is 14.8. The SMILES string of the molecule is CCc1ccc(NC(=O)CC(=O)Nc2ccccc2Br)cc1. The molecule has 2 N–H and O–H groups in total. The molecule has 2 amide bonds. The molecular weight excluding hydrogens is 344 g/mol. The second kappa shape index (κ2) is 7.75. The number of rotatable bonds is 5. The van der Waals surface area contributed by atoms with E-state index in [0.29, 0.717) is 11.4 Å². The standard InChI is InChI=1S/C17H17BrN2O2/c1-2-12-7-9-13(10-8-12)19-16(21)11-17(22)20-15-6-4-3-5-14(15)18/h3-10H,2,11H2,1H3,(H,19,21)(H,20,22). The molecule has 2 aromatic rings. The Hall–Kier alpha value is -2.14. The van der Waals surface area contributed by atoms with Gasteiger partial charge in [0.15, 0.2) is 0 Å². The number of carbonyl (C=O) groups excluding carboxylic acids is 2. The molecule has 114 valence electrons. The Kier molecular flexibility index (Phi) is 5.72. The van der Waals surface area contributed by atoms with Gasteiger partial charge in [0, 0.05) is 10.2 Å². The lowest BCUT2D eigenvalue weighted by Gasteiger charge is -2.08. The maximum atomic E-state index is 11.9. The summed E-state index contributed by atoms with van der Waals surface area (Å²) >= 11 is 3.34. The second-order valence-corrected chi connectivity index (χ2v) is 5.66. The number of carbonyl (C=O) groups is 2. The zero-order valence-electron chi connectivity index (χ0n) is 12.2. The zero-order valence-corrected chi connectivity index (χ0v) is 13.8. The highest BCUT2D eigenvalue weighted by Gasteiger charge is 2.11. The molecule has 2 rings (SSSR count). The van der Waals surface area contributed by atoms with E-state index in [1.54, 1.807) is 6.07 Å². The van der Waals surface area contributed by atoms with Crippen LogP contribution in [0.2, 0.25) is 0 Å². The van der Waals surface area contributed by atoms with Gasteiger partial charge in [-0.3, -0.25) is 9.59 Å². The Morgan fingerprint density at radius 1 is 0.955 bits per heavy atom. The Morgan fingerprint density at radius 3 is 2.23 bits per heavy atom. The number of anilines is 2. The lowest BCUT2D eigenvalue weighted by molar-refractivity contribution is -0.123. The van der Waals surface area contributed by atoms with Crippen molar-refractivity contribution >= 4 is 39.1 Å². The van der Waals surface area contributed by atoms with Gasteiger partial charge in [-0.25, -0.2) is 0 Å². The minimum atomic E-state index is -0.352. The molecule has 0 atom stereocenters. The first-order valence-electron chi connectivity index (χ1n) is 7.01. The predicted molar refractivity (Wildman–Crippen MR) is 91.8 cm³/mol. The third-order valence-electron chi connectivity index (χ3n) is 3.12. The van der Waals surface area contributed by atoms with Crippen LogP contribution in [0.25, 0.3) is 0 Å². The van der Waals surface area contributed by atoms with Crippen LogP contribution in [0, 0.1) is 0 Å². The van der Waals surface area contributed by atoms with E-state index in [2.05, 4.69) is 33.5 Å². The fraction of sp³-hybridized carbons (Fsp3) is 0.176. The number of para-hydroxylation sites is 1. The van der Waals surface area contributed by atoms with Crippen molar-refractivity contribution in [1.29, 1.82) is 0 Å². The van der Waals surface area contributed by atoms with Gasteiger partial charge < -0.3 is 10.6 Å². The fourth-order valence-electron chi connectivity index (χ4n) is 1.93. The molecule has 0 saturated carbocycles. The summed E-state index contributed by atoms with van der Waals surface area (Å²) in [5.41, 5.74) is 2.54. The van der Waals surface area contributed by atoms with Gasteiger partial charge >= 0.3 is 0 Å². The molecule has 0 aliphatic carbocycles. The van der Waals surface area contributed by atoms with E-state index in [1.165, 1.54) is 5.56 Å². The van der Waals surface area contributed by atoms with Crippen molar-refractivity contribution in [1.82, 2.24) is 0 Å². The van der Waals surface area contributed by atoms with Crippen LogP contribution in [0.4, 0.5) is 11.4 Å². The van der Waals surface area contributed by atoms with E-state index >= 15 is 0 Å². The summed E-state index contributed by atoms with van der Waals surface area (Å²) in [6.07, 6.45) is 0.722. The van der Waals surface area contributed by atoms with Gasteiger partial charge in [-0.1, -0.05) is 31.2 Å². The topological polar surface area (TPSA) is 58.2 Å². The van der Waals surface area contributed by atoms with E-state index in [4.69, 9.17) is 0 Å². The monoisotopic (exact) mass is 360 g/mol. The molecule has 2 aromatic carbocycles. The molecule has 0 heterocycles. The number of amides is 2. The van der Waals surface area contributed by atoms with Crippen molar-refractivity contribution in [2.45, 2.75) is 19.8 Å². The number of benzene rings is 2. The van der Waals surface area contributed by atoms with Crippen molar-refractivity contribution in [3.8, 4) is 0 Å². The molecule has 0 saturated heterocycles. The highest BCUT2D eigenvalue weighted by molar-refractivity contribution is 9.10. The molecule has 0 aromatic heterocycles. The zero-order chi connectivity index (χ0) is 15.9. The number of hydrogen-bond acceptors (Lipinski definition) is 2. The van der Waals surface area contributed by atoms with Gasteiger partial charge in [-0.05, 0) is 52.2 Å². The van der Waals surface area contributed by atoms with E-state index < -0.39 is 0 Å². The molecule has 0 fully saturated rings. The largest absolute Gasteiger partial charge is 0.326 e. The van der Waals surface area contributed by atoms with Crippen LogP contribution < -0.4 is 10.6 Å². The number of halogens is 1. The van der Waals surface area contributed by atoms with E-state index in [9.17, 15) is 9.59 Å². The summed E-state index contributed by atoms with van der Waals surface area (Å²) in [4.78, 5) is 23.7. The molecule has 22 heavy (non-hydrogen) atoms. The normalized spacial score (nSPS) is 10.1. The maximum Gasteiger partial charge on any atom is 0.233 e. The summed E-state index contributed by atoms with van der Waals surface area (Å²) in [6.45, 7) is 2.07. The second-order valence-electron chi connectivity index (χ2n) is 4.80. The molecule has 4 nitrogen and oxygen atoms in total. The van der Waals surface area contributed by atoms with Crippen molar-refractivity contribution in [3.05, 3.63) is 58.6 Å². The van der Waals surface area contributed by atoms with Crippen LogP contribution in [0.15, 0.2) is 53.0 Å². The molecule has 0 aliphatic heterocycles. The van der Waals surface area contributed by atoms with Crippen molar-refractivity contribution in [2.24, 2.45) is 0 Å². The van der Waals surface area contributed by atoms with E-state index in [1.807, 2.05) is 42.5 Å². The van der Waals surface area contributed by atoms with Crippen molar-refractivity contribution < 1.29 is 9.59 Å². The third kappa shape index (κ3) is 4.70. The predicted octanol–water partition coefficient (Wildman–Crippen LogP) is 3.98. The first kappa shape index (κ1) is 16.2. The molecule has 5 heteroatoms. The molecule has 0 radical (unpaired) electrons. The number of nitrogens with one attached hydrogen (secondary N) is 2. The van der Waals surface area contributed by atoms with Crippen LogP contribution in [0.1, 0.15) is 18.9 Å². The molecule has 0 aliphatic rings. The van der Waals surface area contributed by atoms with Crippen molar-refractivity contribution in [2.75, 3.05) is 10.6 Å².